The second kappa shape index (κ2) is 6.86. The summed E-state index contributed by atoms with van der Waals surface area (Å²) >= 11 is 5.33. The van der Waals surface area contributed by atoms with Crippen LogP contribution in [0.2, 0.25) is 0 Å². The van der Waals surface area contributed by atoms with E-state index in [0.29, 0.717) is 12.4 Å². The molecule has 0 bridgehead atoms. The van der Waals surface area contributed by atoms with Crippen LogP contribution in [0.25, 0.3) is 0 Å². The van der Waals surface area contributed by atoms with Gasteiger partial charge in [-0.25, -0.2) is 17.9 Å². The quantitative estimate of drug-likeness (QED) is 0.527. The van der Waals surface area contributed by atoms with Gasteiger partial charge in [0.25, 0.3) is 0 Å². The maximum absolute atomic E-state index is 10.9. The summed E-state index contributed by atoms with van der Waals surface area (Å²) in [5.74, 6) is 0.181. The van der Waals surface area contributed by atoms with Crippen LogP contribution in [0.5, 0.6) is 0 Å². The number of nitrogens with one attached hydrogen (secondary N) is 3. The molecule has 0 aliphatic carbocycles. The van der Waals surface area contributed by atoms with Crippen LogP contribution >= 0.6 is 11.6 Å². The molecule has 0 aromatic carbocycles. The number of sulfonamides is 1. The SMILES string of the molecule is CNS(=O)(=O)CCNC(=O)NCCCl. The van der Waals surface area contributed by atoms with Crippen LogP contribution in [0, 0.1) is 0 Å². The van der Waals surface area contributed by atoms with Gasteiger partial charge >= 0.3 is 6.03 Å². The van der Waals surface area contributed by atoms with Gasteiger partial charge in [0.15, 0.2) is 0 Å². The van der Waals surface area contributed by atoms with Crippen molar-refractivity contribution in [1.29, 1.82) is 0 Å². The van der Waals surface area contributed by atoms with Gasteiger partial charge in [-0.1, -0.05) is 0 Å². The molecule has 0 aliphatic heterocycles. The van der Waals surface area contributed by atoms with Gasteiger partial charge in [0.05, 0.1) is 5.75 Å². The molecule has 0 aromatic heterocycles. The number of hydrogen-bond acceptors (Lipinski definition) is 3. The Morgan fingerprint density at radius 1 is 1.29 bits per heavy atom. The molecule has 0 atom stereocenters. The van der Waals surface area contributed by atoms with Gasteiger partial charge in [-0.15, -0.1) is 11.6 Å². The zero-order chi connectivity index (χ0) is 11.0. The first-order chi connectivity index (χ1) is 6.52. The lowest BCUT2D eigenvalue weighted by atomic mass is 10.7. The highest BCUT2D eigenvalue weighted by atomic mass is 35.5. The van der Waals surface area contributed by atoms with Crippen LogP contribution in [0.1, 0.15) is 0 Å². The van der Waals surface area contributed by atoms with Crippen LogP contribution in [0.15, 0.2) is 0 Å². The molecule has 0 fully saturated rings. The fourth-order valence-electron chi connectivity index (χ4n) is 0.624. The van der Waals surface area contributed by atoms with E-state index >= 15 is 0 Å². The first kappa shape index (κ1) is 13.5. The molecule has 6 nitrogen and oxygen atoms in total. The van der Waals surface area contributed by atoms with Crippen molar-refractivity contribution in [2.45, 2.75) is 0 Å². The second-order valence-corrected chi connectivity index (χ2v) is 4.82. The highest BCUT2D eigenvalue weighted by Crippen LogP contribution is 1.79. The summed E-state index contributed by atoms with van der Waals surface area (Å²) in [4.78, 5) is 10.9. The van der Waals surface area contributed by atoms with E-state index in [1.54, 1.807) is 0 Å². The zero-order valence-corrected chi connectivity index (χ0v) is 9.41. The summed E-state index contributed by atoms with van der Waals surface area (Å²) in [6, 6.07) is -0.419. The van der Waals surface area contributed by atoms with E-state index in [1.165, 1.54) is 7.05 Å². The summed E-state index contributed by atoms with van der Waals surface area (Å²) in [7, 11) is -1.93. The van der Waals surface area contributed by atoms with Crippen LogP contribution in [-0.4, -0.2) is 46.2 Å². The third kappa shape index (κ3) is 6.93. The summed E-state index contributed by atoms with van der Waals surface area (Å²) in [5, 5.41) is 4.82. The third-order valence-corrected chi connectivity index (χ3v) is 2.90. The summed E-state index contributed by atoms with van der Waals surface area (Å²) in [5.41, 5.74) is 0. The largest absolute Gasteiger partial charge is 0.337 e. The Hall–Kier alpha value is -0.530. The highest BCUT2D eigenvalue weighted by Gasteiger charge is 2.06. The molecule has 0 saturated carbocycles. The summed E-state index contributed by atoms with van der Waals surface area (Å²) in [6.07, 6.45) is 0. The Bertz CT molecular complexity index is 267. The predicted molar refractivity (Wildman–Crippen MR) is 55.0 cm³/mol. The summed E-state index contributed by atoms with van der Waals surface area (Å²) in [6.45, 7) is 0.420. The van der Waals surface area contributed by atoms with E-state index in [-0.39, 0.29) is 12.3 Å². The monoisotopic (exact) mass is 243 g/mol. The van der Waals surface area contributed by atoms with E-state index in [2.05, 4.69) is 15.4 Å². The average Bonchev–Trinajstić information content (AvgIpc) is 2.14. The van der Waals surface area contributed by atoms with Crippen molar-refractivity contribution in [2.75, 3.05) is 31.8 Å². The Labute approximate surface area is 88.4 Å². The van der Waals surface area contributed by atoms with E-state index in [9.17, 15) is 13.2 Å². The molecule has 0 spiro atoms. The molecule has 2 amide bonds. The van der Waals surface area contributed by atoms with Crippen LogP contribution in [0.4, 0.5) is 4.79 Å². The molecule has 84 valence electrons. The molecule has 0 rings (SSSR count). The molecule has 0 saturated heterocycles. The lowest BCUT2D eigenvalue weighted by Crippen LogP contribution is -2.40. The maximum Gasteiger partial charge on any atom is 0.314 e. The topological polar surface area (TPSA) is 87.3 Å². The average molecular weight is 244 g/mol. The smallest absolute Gasteiger partial charge is 0.314 e. The number of carbonyl (C=O) groups excluding carboxylic acids is 1. The van der Waals surface area contributed by atoms with E-state index in [4.69, 9.17) is 11.6 Å². The molecule has 0 aromatic rings. The second-order valence-electron chi connectivity index (χ2n) is 2.39. The van der Waals surface area contributed by atoms with Gasteiger partial charge in [-0.3, -0.25) is 0 Å². The Morgan fingerprint density at radius 3 is 2.36 bits per heavy atom. The van der Waals surface area contributed by atoms with Crippen LogP contribution in [-0.2, 0) is 10.0 Å². The van der Waals surface area contributed by atoms with Gasteiger partial charge in [0.2, 0.25) is 10.0 Å². The van der Waals surface area contributed by atoms with Crippen LogP contribution < -0.4 is 15.4 Å². The fourth-order valence-corrected chi connectivity index (χ4v) is 1.29. The van der Waals surface area contributed by atoms with Gasteiger partial charge in [-0.05, 0) is 7.05 Å². The zero-order valence-electron chi connectivity index (χ0n) is 7.84. The molecule has 0 radical (unpaired) electrons. The normalized spacial score (nSPS) is 11.0. The van der Waals surface area contributed by atoms with E-state index in [1.807, 2.05) is 0 Å². The number of urea groups is 1. The molecule has 3 N–H and O–H groups in total. The molecule has 8 heteroatoms. The highest BCUT2D eigenvalue weighted by molar-refractivity contribution is 7.89. The van der Waals surface area contributed by atoms with Crippen molar-refractivity contribution in [1.82, 2.24) is 15.4 Å². The van der Waals surface area contributed by atoms with Crippen molar-refractivity contribution in [3.8, 4) is 0 Å². The summed E-state index contributed by atoms with van der Waals surface area (Å²) < 4.78 is 23.9. The molecule has 14 heavy (non-hydrogen) atoms. The van der Waals surface area contributed by atoms with Crippen molar-refractivity contribution >= 4 is 27.7 Å². The number of halogens is 1. The number of alkyl halides is 1. The van der Waals surface area contributed by atoms with Crippen molar-refractivity contribution in [2.24, 2.45) is 0 Å². The van der Waals surface area contributed by atoms with Crippen LogP contribution in [0.3, 0.4) is 0 Å². The third-order valence-electron chi connectivity index (χ3n) is 1.35. The number of carbonyl (C=O) groups is 1. The molecule has 0 aliphatic rings. The minimum atomic E-state index is -3.25. The lowest BCUT2D eigenvalue weighted by Gasteiger charge is -2.06. The standard InChI is InChI=1S/C6H14ClN3O3S/c1-8-14(12,13)5-4-10-6(11)9-3-2-7/h8H,2-5H2,1H3,(H2,9,10,11). The Morgan fingerprint density at radius 2 is 1.86 bits per heavy atom. The number of hydrogen-bond donors (Lipinski definition) is 3. The van der Waals surface area contributed by atoms with Gasteiger partial charge in [-0.2, -0.15) is 0 Å². The van der Waals surface area contributed by atoms with Crippen molar-refractivity contribution in [3.63, 3.8) is 0 Å². The molecular weight excluding hydrogens is 230 g/mol. The Kier molecular flexibility index (Phi) is 6.60. The van der Waals surface area contributed by atoms with Gasteiger partial charge in [0, 0.05) is 19.0 Å². The first-order valence-corrected chi connectivity index (χ1v) is 6.19. The van der Waals surface area contributed by atoms with Crippen molar-refractivity contribution < 1.29 is 13.2 Å². The van der Waals surface area contributed by atoms with Crippen molar-refractivity contribution in [3.05, 3.63) is 0 Å². The molecule has 0 heterocycles. The van der Waals surface area contributed by atoms with Gasteiger partial charge < -0.3 is 10.6 Å². The lowest BCUT2D eigenvalue weighted by molar-refractivity contribution is 0.242. The molecule has 0 unspecified atom stereocenters. The number of amides is 2. The minimum absolute atomic E-state index is 0.0668. The molecular formula is C6H14ClN3O3S. The Balaban J connectivity index is 3.59. The number of rotatable bonds is 6. The van der Waals surface area contributed by atoms with Gasteiger partial charge in [0.1, 0.15) is 0 Å². The maximum atomic E-state index is 10.9. The first-order valence-electron chi connectivity index (χ1n) is 4.00. The fraction of sp³-hybridized carbons (Fsp3) is 0.833. The predicted octanol–water partition coefficient (Wildman–Crippen LogP) is -0.926. The minimum Gasteiger partial charge on any atom is -0.337 e. The van der Waals surface area contributed by atoms with E-state index in [0.717, 1.165) is 0 Å². The van der Waals surface area contributed by atoms with E-state index < -0.39 is 16.1 Å².